The highest BCUT2D eigenvalue weighted by atomic mass is 16.4. The van der Waals surface area contributed by atoms with Gasteiger partial charge in [0.25, 0.3) is 6.01 Å². The monoisotopic (exact) mass is 274 g/mol. The van der Waals surface area contributed by atoms with Crippen molar-refractivity contribution >= 4 is 17.1 Å². The molecule has 0 radical (unpaired) electrons. The van der Waals surface area contributed by atoms with Crippen LogP contribution in [0.3, 0.4) is 0 Å². The third-order valence-electron chi connectivity index (χ3n) is 4.02. The largest absolute Gasteiger partial charge is 0.508 e. The fourth-order valence-corrected chi connectivity index (χ4v) is 2.67. The number of benzene rings is 1. The van der Waals surface area contributed by atoms with Gasteiger partial charge in [-0.05, 0) is 18.2 Å². The highest BCUT2D eigenvalue weighted by molar-refractivity contribution is 5.76. The minimum Gasteiger partial charge on any atom is -0.508 e. The summed E-state index contributed by atoms with van der Waals surface area (Å²) < 4.78 is 6.76. The van der Waals surface area contributed by atoms with Crippen molar-refractivity contribution in [2.24, 2.45) is 0 Å². The first-order valence-corrected chi connectivity index (χ1v) is 6.89. The van der Waals surface area contributed by atoms with Gasteiger partial charge in [-0.15, -0.1) is 0 Å². The Kier molecular flexibility index (Phi) is 3.14. The second kappa shape index (κ2) is 4.83. The van der Waals surface area contributed by atoms with Crippen molar-refractivity contribution in [3.05, 3.63) is 30.9 Å². The third kappa shape index (κ3) is 2.36. The van der Waals surface area contributed by atoms with Crippen molar-refractivity contribution in [3.8, 4) is 5.75 Å². The molecule has 1 aliphatic heterocycles. The van der Waals surface area contributed by atoms with Crippen LogP contribution in [-0.4, -0.2) is 54.3 Å². The molecule has 0 bridgehead atoms. The lowest BCUT2D eigenvalue weighted by atomic mass is 10.2. The zero-order valence-electron chi connectivity index (χ0n) is 11.7. The topological polar surface area (TPSA) is 49.5 Å². The van der Waals surface area contributed by atoms with E-state index >= 15 is 0 Å². The van der Waals surface area contributed by atoms with Gasteiger partial charge in [-0.25, -0.2) is 0 Å². The molecule has 5 heteroatoms. The Morgan fingerprint density at radius 1 is 1.45 bits per heavy atom. The molecule has 20 heavy (non-hydrogen) atoms. The molecule has 0 spiro atoms. The molecule has 0 unspecified atom stereocenters. The molecule has 1 fully saturated rings. The fraction of sp³-hybridized carbons (Fsp3) is 0.400. The molecule has 5 nitrogen and oxygen atoms in total. The van der Waals surface area contributed by atoms with E-state index in [4.69, 9.17) is 4.42 Å². The molecule has 0 aliphatic carbocycles. The predicted molar refractivity (Wildman–Crippen MR) is 78.9 cm³/mol. The summed E-state index contributed by atoms with van der Waals surface area (Å²) in [7, 11) is 2.25. The molecule has 2 aromatic rings. The summed E-state index contributed by atoms with van der Waals surface area (Å²) in [4.78, 5) is 6.66. The molecule has 106 valence electrons. The van der Waals surface area contributed by atoms with Gasteiger partial charge >= 0.3 is 0 Å². The minimum absolute atomic E-state index is 0.203. The number of phenolic OH excluding ortho intramolecular Hbond substituents is 1. The zero-order valence-corrected chi connectivity index (χ0v) is 11.7. The van der Waals surface area contributed by atoms with Crippen LogP contribution in [-0.2, 0) is 0 Å². The van der Waals surface area contributed by atoms with Gasteiger partial charge in [-0.2, -0.15) is 4.98 Å². The zero-order chi connectivity index (χ0) is 14.2. The lowest BCUT2D eigenvalue weighted by Gasteiger charge is -2.40. The first kappa shape index (κ1) is 13.0. The van der Waals surface area contributed by atoms with E-state index in [0.717, 1.165) is 42.7 Å². The van der Waals surface area contributed by atoms with Gasteiger partial charge in [0.2, 0.25) is 0 Å². The Labute approximate surface area is 118 Å². The summed E-state index contributed by atoms with van der Waals surface area (Å²) in [6.45, 7) is 8.77. The first-order chi connectivity index (χ1) is 9.59. The van der Waals surface area contributed by atoms with Crippen LogP contribution in [0, 0.1) is 0 Å². The SMILES string of the molecule is C=CC[N+]1(C)CCN(c2nc3ccc(O)cc3o2)CC1. The maximum Gasteiger partial charge on any atom is 0.298 e. The number of likely N-dealkylation sites (N-methyl/N-ethyl adjacent to an activating group) is 1. The number of piperazine rings is 1. The standard InChI is InChI=1S/C15H19N3O2/c1-3-8-18(2)9-6-17(7-10-18)15-16-13-5-4-12(19)11-14(13)20-15/h3-5,11H,1,6-10H2,2H3/p+1. The first-order valence-electron chi connectivity index (χ1n) is 6.89. The van der Waals surface area contributed by atoms with Crippen molar-refractivity contribution in [1.29, 1.82) is 0 Å². The van der Waals surface area contributed by atoms with Crippen molar-refractivity contribution in [2.45, 2.75) is 0 Å². The average Bonchev–Trinajstić information content (AvgIpc) is 2.82. The van der Waals surface area contributed by atoms with Crippen LogP contribution < -0.4 is 4.90 Å². The summed E-state index contributed by atoms with van der Waals surface area (Å²) >= 11 is 0. The molecular formula is C15H20N3O2+. The van der Waals surface area contributed by atoms with Gasteiger partial charge in [-0.1, -0.05) is 6.58 Å². The van der Waals surface area contributed by atoms with Crippen molar-refractivity contribution in [2.75, 3.05) is 44.7 Å². The van der Waals surface area contributed by atoms with Gasteiger partial charge in [0, 0.05) is 6.07 Å². The predicted octanol–water partition coefficient (Wildman–Crippen LogP) is 1.99. The number of nitrogens with zero attached hydrogens (tertiary/aromatic N) is 3. The number of fused-ring (bicyclic) bond motifs is 1. The minimum atomic E-state index is 0.203. The van der Waals surface area contributed by atoms with Crippen molar-refractivity contribution < 1.29 is 14.0 Å². The molecule has 2 heterocycles. The van der Waals surface area contributed by atoms with E-state index in [1.807, 2.05) is 6.08 Å². The molecule has 0 saturated carbocycles. The van der Waals surface area contributed by atoms with Gasteiger partial charge in [-0.3, -0.25) is 0 Å². The average molecular weight is 274 g/mol. The number of oxazole rings is 1. The van der Waals surface area contributed by atoms with E-state index in [0.29, 0.717) is 11.6 Å². The van der Waals surface area contributed by atoms with E-state index < -0.39 is 0 Å². The number of aromatic nitrogens is 1. The Morgan fingerprint density at radius 2 is 2.20 bits per heavy atom. The number of aromatic hydroxyl groups is 1. The highest BCUT2D eigenvalue weighted by Crippen LogP contribution is 2.26. The summed E-state index contributed by atoms with van der Waals surface area (Å²) in [5, 5.41) is 9.46. The quantitative estimate of drug-likeness (QED) is 0.687. The second-order valence-electron chi connectivity index (χ2n) is 5.67. The Morgan fingerprint density at radius 3 is 2.90 bits per heavy atom. The molecule has 1 aliphatic rings. The lowest BCUT2D eigenvalue weighted by Crippen LogP contribution is -2.57. The third-order valence-corrected chi connectivity index (χ3v) is 4.02. The summed E-state index contributed by atoms with van der Waals surface area (Å²) in [6.07, 6.45) is 1.98. The molecule has 0 atom stereocenters. The van der Waals surface area contributed by atoms with E-state index in [1.165, 1.54) is 0 Å². The van der Waals surface area contributed by atoms with E-state index in [9.17, 15) is 5.11 Å². The second-order valence-corrected chi connectivity index (χ2v) is 5.67. The molecule has 1 aromatic heterocycles. The summed E-state index contributed by atoms with van der Waals surface area (Å²) in [6, 6.07) is 5.66. The van der Waals surface area contributed by atoms with Gasteiger partial charge in [0.05, 0.1) is 39.8 Å². The summed E-state index contributed by atoms with van der Waals surface area (Å²) in [5.41, 5.74) is 1.42. The molecule has 1 N–H and O–H groups in total. The fourth-order valence-electron chi connectivity index (χ4n) is 2.67. The number of phenols is 1. The molecule has 0 amide bonds. The van der Waals surface area contributed by atoms with Crippen LogP contribution in [0.15, 0.2) is 35.3 Å². The maximum absolute atomic E-state index is 9.46. The van der Waals surface area contributed by atoms with Crippen LogP contribution >= 0.6 is 0 Å². The number of quaternary nitrogens is 1. The van der Waals surface area contributed by atoms with E-state index in [2.05, 4.69) is 23.5 Å². The van der Waals surface area contributed by atoms with Crippen LogP contribution in [0.4, 0.5) is 6.01 Å². The smallest absolute Gasteiger partial charge is 0.298 e. The van der Waals surface area contributed by atoms with E-state index in [1.54, 1.807) is 18.2 Å². The Bertz CT molecular complexity index is 627. The van der Waals surface area contributed by atoms with Crippen LogP contribution in [0.5, 0.6) is 5.75 Å². The van der Waals surface area contributed by atoms with Crippen molar-refractivity contribution in [3.63, 3.8) is 0 Å². The Hall–Kier alpha value is -2.01. The van der Waals surface area contributed by atoms with Crippen LogP contribution in [0.2, 0.25) is 0 Å². The van der Waals surface area contributed by atoms with Gasteiger partial charge < -0.3 is 18.9 Å². The number of rotatable bonds is 3. The van der Waals surface area contributed by atoms with Crippen molar-refractivity contribution in [1.82, 2.24) is 4.98 Å². The molecule has 1 saturated heterocycles. The lowest BCUT2D eigenvalue weighted by molar-refractivity contribution is -0.904. The molecule has 1 aromatic carbocycles. The number of hydrogen-bond acceptors (Lipinski definition) is 4. The van der Waals surface area contributed by atoms with Gasteiger partial charge in [0.1, 0.15) is 11.3 Å². The highest BCUT2D eigenvalue weighted by Gasteiger charge is 2.29. The molecular weight excluding hydrogens is 254 g/mol. The maximum atomic E-state index is 9.46. The Balaban J connectivity index is 1.78. The molecule has 3 rings (SSSR count). The van der Waals surface area contributed by atoms with E-state index in [-0.39, 0.29) is 5.75 Å². The summed E-state index contributed by atoms with van der Waals surface area (Å²) in [5.74, 6) is 0.203. The van der Waals surface area contributed by atoms with Crippen LogP contribution in [0.1, 0.15) is 0 Å². The van der Waals surface area contributed by atoms with Gasteiger partial charge in [0.15, 0.2) is 5.58 Å². The number of hydrogen-bond donors (Lipinski definition) is 1. The normalized spacial score (nSPS) is 18.4. The van der Waals surface area contributed by atoms with Crippen LogP contribution in [0.25, 0.3) is 11.1 Å². The number of anilines is 1.